The molecule has 1 heterocycles. The van der Waals surface area contributed by atoms with Crippen LogP contribution in [0.1, 0.15) is 19.8 Å². The smallest absolute Gasteiger partial charge is 0.000812 e. The van der Waals surface area contributed by atoms with Gasteiger partial charge in [0.1, 0.15) is 0 Å². The molecule has 1 nitrogen and oxygen atoms in total. The molecule has 1 heteroatoms. The fourth-order valence-electron chi connectivity index (χ4n) is 1.64. The van der Waals surface area contributed by atoms with E-state index in [1.807, 2.05) is 13.0 Å². The Labute approximate surface area is 86.9 Å². The van der Waals surface area contributed by atoms with E-state index in [1.54, 1.807) is 0 Å². The first-order valence-electron chi connectivity index (χ1n) is 5.24. The Morgan fingerprint density at radius 1 is 1.50 bits per heavy atom. The van der Waals surface area contributed by atoms with Crippen molar-refractivity contribution < 1.29 is 0 Å². The van der Waals surface area contributed by atoms with Crippen molar-refractivity contribution in [2.45, 2.75) is 19.8 Å². The van der Waals surface area contributed by atoms with Crippen LogP contribution in [0.4, 0.5) is 0 Å². The lowest BCUT2D eigenvalue weighted by Crippen LogP contribution is -2.14. The van der Waals surface area contributed by atoms with Crippen LogP contribution in [0.3, 0.4) is 0 Å². The molecule has 0 saturated carbocycles. The molecule has 1 rings (SSSR count). The molecule has 0 aliphatic carbocycles. The van der Waals surface area contributed by atoms with E-state index in [9.17, 15) is 0 Å². The molecule has 0 aromatic carbocycles. The van der Waals surface area contributed by atoms with Crippen molar-refractivity contribution in [1.82, 2.24) is 5.32 Å². The third kappa shape index (κ3) is 3.35. The van der Waals surface area contributed by atoms with E-state index in [2.05, 4.69) is 36.2 Å². The van der Waals surface area contributed by atoms with E-state index in [-0.39, 0.29) is 0 Å². The van der Waals surface area contributed by atoms with Crippen LogP contribution in [0, 0.1) is 0 Å². The summed E-state index contributed by atoms with van der Waals surface area (Å²) in [6.45, 7) is 7.98. The lowest BCUT2D eigenvalue weighted by atomic mass is 10.0. The Bertz CT molecular complexity index is 269. The van der Waals surface area contributed by atoms with Gasteiger partial charge in [0, 0.05) is 0 Å². The first-order chi connectivity index (χ1) is 6.88. The highest BCUT2D eigenvalue weighted by molar-refractivity contribution is 5.41. The standard InChI is InChI=1S/C13H19N/c1-3-6-12(7-4-2)13-8-5-10-14-11-9-13/h3-4,6-8,14H,1,5,9-11H2,2H3/b7-4-,12-6+. The van der Waals surface area contributed by atoms with Gasteiger partial charge < -0.3 is 5.32 Å². The second-order valence-corrected chi connectivity index (χ2v) is 3.38. The second-order valence-electron chi connectivity index (χ2n) is 3.38. The van der Waals surface area contributed by atoms with Crippen LogP contribution in [0.15, 0.2) is 48.1 Å². The van der Waals surface area contributed by atoms with Crippen LogP contribution in [0.5, 0.6) is 0 Å². The lowest BCUT2D eigenvalue weighted by Gasteiger charge is -2.05. The summed E-state index contributed by atoms with van der Waals surface area (Å²) in [6.07, 6.45) is 12.7. The summed E-state index contributed by atoms with van der Waals surface area (Å²) < 4.78 is 0. The van der Waals surface area contributed by atoms with E-state index in [0.717, 1.165) is 25.9 Å². The summed E-state index contributed by atoms with van der Waals surface area (Å²) in [5.41, 5.74) is 2.74. The van der Waals surface area contributed by atoms with Gasteiger partial charge in [-0.2, -0.15) is 0 Å². The molecule has 0 amide bonds. The zero-order valence-corrected chi connectivity index (χ0v) is 8.92. The molecule has 0 radical (unpaired) electrons. The molecule has 0 unspecified atom stereocenters. The van der Waals surface area contributed by atoms with Crippen molar-refractivity contribution in [1.29, 1.82) is 0 Å². The summed E-state index contributed by atoms with van der Waals surface area (Å²) >= 11 is 0. The van der Waals surface area contributed by atoms with Gasteiger partial charge in [0.05, 0.1) is 0 Å². The lowest BCUT2D eigenvalue weighted by molar-refractivity contribution is 0.712. The predicted molar refractivity (Wildman–Crippen MR) is 63.3 cm³/mol. The monoisotopic (exact) mass is 189 g/mol. The van der Waals surface area contributed by atoms with Gasteiger partial charge in [-0.1, -0.05) is 37.0 Å². The topological polar surface area (TPSA) is 12.0 Å². The van der Waals surface area contributed by atoms with Crippen molar-refractivity contribution in [2.75, 3.05) is 13.1 Å². The first-order valence-corrected chi connectivity index (χ1v) is 5.24. The predicted octanol–water partition coefficient (Wildman–Crippen LogP) is 2.98. The summed E-state index contributed by atoms with van der Waals surface area (Å²) in [5.74, 6) is 0. The van der Waals surface area contributed by atoms with Gasteiger partial charge in [-0.15, -0.1) is 0 Å². The quantitative estimate of drug-likeness (QED) is 0.673. The molecule has 0 saturated heterocycles. The van der Waals surface area contributed by atoms with Gasteiger partial charge in [0.15, 0.2) is 0 Å². The van der Waals surface area contributed by atoms with Crippen LogP contribution < -0.4 is 5.32 Å². The SMILES string of the molecule is C=C/C=C(\C=C/C)C1=CCCNCC1. The Hall–Kier alpha value is -1.08. The van der Waals surface area contributed by atoms with Crippen molar-refractivity contribution in [3.05, 3.63) is 48.1 Å². The molecule has 0 aromatic heterocycles. The Morgan fingerprint density at radius 3 is 3.07 bits per heavy atom. The highest BCUT2D eigenvalue weighted by atomic mass is 14.8. The summed E-state index contributed by atoms with van der Waals surface area (Å²) in [4.78, 5) is 0. The molecule has 76 valence electrons. The van der Waals surface area contributed by atoms with Crippen molar-refractivity contribution in [3.63, 3.8) is 0 Å². The average molecular weight is 189 g/mol. The molecular formula is C13H19N. The van der Waals surface area contributed by atoms with E-state index in [0.29, 0.717) is 0 Å². The second kappa shape index (κ2) is 6.39. The van der Waals surface area contributed by atoms with E-state index in [4.69, 9.17) is 0 Å². The molecule has 0 aromatic rings. The van der Waals surface area contributed by atoms with Gasteiger partial charge in [0.25, 0.3) is 0 Å². The highest BCUT2D eigenvalue weighted by Gasteiger charge is 2.04. The first kappa shape index (κ1) is 11.0. The Balaban J connectivity index is 2.80. The minimum Gasteiger partial charge on any atom is -0.316 e. The third-order valence-electron chi connectivity index (χ3n) is 2.30. The molecule has 1 aliphatic heterocycles. The summed E-state index contributed by atoms with van der Waals surface area (Å²) in [7, 11) is 0. The normalized spacial score (nSPS) is 19.2. The minimum absolute atomic E-state index is 1.08. The number of hydrogen-bond donors (Lipinski definition) is 1. The third-order valence-corrected chi connectivity index (χ3v) is 2.30. The molecule has 0 atom stereocenters. The largest absolute Gasteiger partial charge is 0.316 e. The molecule has 0 fully saturated rings. The molecule has 1 N–H and O–H groups in total. The number of allylic oxidation sites excluding steroid dienone is 5. The van der Waals surface area contributed by atoms with Crippen molar-refractivity contribution in [2.24, 2.45) is 0 Å². The van der Waals surface area contributed by atoms with Gasteiger partial charge in [-0.25, -0.2) is 0 Å². The van der Waals surface area contributed by atoms with Crippen LogP contribution in [0.25, 0.3) is 0 Å². The van der Waals surface area contributed by atoms with Crippen LogP contribution in [-0.4, -0.2) is 13.1 Å². The number of hydrogen-bond acceptors (Lipinski definition) is 1. The van der Waals surface area contributed by atoms with Gasteiger partial charge in [0.2, 0.25) is 0 Å². The molecule has 1 aliphatic rings. The maximum Gasteiger partial charge on any atom is -0.000812 e. The molecule has 0 bridgehead atoms. The van der Waals surface area contributed by atoms with Crippen LogP contribution >= 0.6 is 0 Å². The van der Waals surface area contributed by atoms with E-state index < -0.39 is 0 Å². The fourth-order valence-corrected chi connectivity index (χ4v) is 1.64. The minimum atomic E-state index is 1.08. The Morgan fingerprint density at radius 2 is 2.36 bits per heavy atom. The molecule has 14 heavy (non-hydrogen) atoms. The van der Waals surface area contributed by atoms with E-state index >= 15 is 0 Å². The van der Waals surface area contributed by atoms with Crippen LogP contribution in [-0.2, 0) is 0 Å². The van der Waals surface area contributed by atoms with Gasteiger partial charge in [-0.3, -0.25) is 0 Å². The van der Waals surface area contributed by atoms with Gasteiger partial charge in [-0.05, 0) is 44.0 Å². The molecule has 0 spiro atoms. The maximum atomic E-state index is 3.75. The Kier molecular flexibility index (Phi) is 5.02. The fraction of sp³-hybridized carbons (Fsp3) is 0.385. The summed E-state index contributed by atoms with van der Waals surface area (Å²) in [5, 5.41) is 3.39. The zero-order chi connectivity index (χ0) is 10.2. The van der Waals surface area contributed by atoms with Gasteiger partial charge >= 0.3 is 0 Å². The summed E-state index contributed by atoms with van der Waals surface area (Å²) in [6, 6.07) is 0. The zero-order valence-electron chi connectivity index (χ0n) is 8.92. The maximum absolute atomic E-state index is 3.75. The van der Waals surface area contributed by atoms with Crippen molar-refractivity contribution >= 4 is 0 Å². The molecular weight excluding hydrogens is 170 g/mol. The average Bonchev–Trinajstić information content (AvgIpc) is 2.45. The number of nitrogens with one attached hydrogen (secondary N) is 1. The highest BCUT2D eigenvalue weighted by Crippen LogP contribution is 2.17. The van der Waals surface area contributed by atoms with Crippen molar-refractivity contribution in [3.8, 4) is 0 Å². The van der Waals surface area contributed by atoms with E-state index in [1.165, 1.54) is 11.1 Å². The van der Waals surface area contributed by atoms with Crippen LogP contribution in [0.2, 0.25) is 0 Å². The number of rotatable bonds is 3.